The van der Waals surface area contributed by atoms with E-state index in [1.165, 1.54) is 6.42 Å². The third-order valence-corrected chi connectivity index (χ3v) is 6.87. The number of carbonyl (C=O) groups excluding carboxylic acids is 2. The van der Waals surface area contributed by atoms with Crippen LogP contribution in [0.2, 0.25) is 0 Å². The van der Waals surface area contributed by atoms with E-state index in [1.807, 2.05) is 21.9 Å². The second-order valence-electron chi connectivity index (χ2n) is 7.69. The first-order valence-electron chi connectivity index (χ1n) is 9.44. The molecule has 2 saturated carbocycles. The van der Waals surface area contributed by atoms with E-state index < -0.39 is 0 Å². The third kappa shape index (κ3) is 3.01. The van der Waals surface area contributed by atoms with Crippen LogP contribution in [-0.4, -0.2) is 47.8 Å². The van der Waals surface area contributed by atoms with Gasteiger partial charge in [-0.15, -0.1) is 0 Å². The Morgan fingerprint density at radius 2 is 1.52 bits per heavy atom. The number of hydrogen-bond acceptors (Lipinski definition) is 2. The molecule has 1 saturated heterocycles. The van der Waals surface area contributed by atoms with Gasteiger partial charge in [0, 0.05) is 36.6 Å². The molecule has 4 rings (SSSR count). The lowest BCUT2D eigenvalue weighted by Gasteiger charge is -2.46. The van der Waals surface area contributed by atoms with Crippen molar-refractivity contribution in [2.75, 3.05) is 26.2 Å². The lowest BCUT2D eigenvalue weighted by atomic mass is 9.63. The van der Waals surface area contributed by atoms with Crippen molar-refractivity contribution in [3.63, 3.8) is 0 Å². The first-order valence-corrected chi connectivity index (χ1v) is 10.2. The van der Waals surface area contributed by atoms with Crippen LogP contribution in [0, 0.1) is 5.92 Å². The molecule has 3 aliphatic rings. The topological polar surface area (TPSA) is 40.6 Å². The summed E-state index contributed by atoms with van der Waals surface area (Å²) in [5.41, 5.74) is 0.806. The van der Waals surface area contributed by atoms with Crippen LogP contribution in [0.3, 0.4) is 0 Å². The predicted molar refractivity (Wildman–Crippen MR) is 100 cm³/mol. The van der Waals surface area contributed by atoms with E-state index in [1.54, 1.807) is 0 Å². The van der Waals surface area contributed by atoms with Gasteiger partial charge in [-0.25, -0.2) is 0 Å². The highest BCUT2D eigenvalue weighted by Crippen LogP contribution is 2.45. The average Bonchev–Trinajstić information content (AvgIpc) is 2.54. The zero-order chi connectivity index (χ0) is 17.4. The second kappa shape index (κ2) is 6.75. The average molecular weight is 405 g/mol. The van der Waals surface area contributed by atoms with E-state index >= 15 is 0 Å². The minimum Gasteiger partial charge on any atom is -0.339 e. The van der Waals surface area contributed by atoms with E-state index in [2.05, 4.69) is 28.1 Å². The molecule has 134 valence electrons. The van der Waals surface area contributed by atoms with Crippen LogP contribution < -0.4 is 0 Å². The fourth-order valence-corrected chi connectivity index (χ4v) is 4.54. The zero-order valence-electron chi connectivity index (χ0n) is 14.5. The molecule has 1 aliphatic heterocycles. The van der Waals surface area contributed by atoms with Gasteiger partial charge in [0.1, 0.15) is 0 Å². The highest BCUT2D eigenvalue weighted by atomic mass is 79.9. The number of rotatable bonds is 3. The molecule has 1 aromatic rings. The molecule has 0 aromatic heterocycles. The Kier molecular flexibility index (Phi) is 4.61. The van der Waals surface area contributed by atoms with Crippen molar-refractivity contribution in [2.24, 2.45) is 5.92 Å². The molecule has 5 heteroatoms. The SMILES string of the molecule is O=C(C1CCC1)N1CCN(C(=O)C2(c3ccc(Br)cc3)CCC2)CC1. The molecule has 2 aliphatic carbocycles. The van der Waals surface area contributed by atoms with Gasteiger partial charge in [0.2, 0.25) is 11.8 Å². The Morgan fingerprint density at radius 3 is 2.00 bits per heavy atom. The summed E-state index contributed by atoms with van der Waals surface area (Å²) in [6.07, 6.45) is 6.27. The van der Waals surface area contributed by atoms with Gasteiger partial charge >= 0.3 is 0 Å². The van der Waals surface area contributed by atoms with Gasteiger partial charge < -0.3 is 9.80 Å². The van der Waals surface area contributed by atoms with E-state index in [4.69, 9.17) is 0 Å². The van der Waals surface area contributed by atoms with Gasteiger partial charge in [-0.1, -0.05) is 40.9 Å². The summed E-state index contributed by atoms with van der Waals surface area (Å²) in [7, 11) is 0. The summed E-state index contributed by atoms with van der Waals surface area (Å²) in [4.78, 5) is 29.6. The summed E-state index contributed by atoms with van der Waals surface area (Å²) in [6, 6.07) is 8.21. The first kappa shape index (κ1) is 17.1. The molecule has 0 spiro atoms. The number of hydrogen-bond donors (Lipinski definition) is 0. The molecule has 0 bridgehead atoms. The number of amides is 2. The van der Waals surface area contributed by atoms with Gasteiger partial charge in [-0.3, -0.25) is 9.59 Å². The molecule has 3 fully saturated rings. The number of nitrogens with zero attached hydrogens (tertiary/aromatic N) is 2. The maximum absolute atomic E-state index is 13.3. The van der Waals surface area contributed by atoms with E-state index in [9.17, 15) is 9.59 Å². The van der Waals surface area contributed by atoms with Crippen LogP contribution in [0.25, 0.3) is 0 Å². The Morgan fingerprint density at radius 1 is 0.920 bits per heavy atom. The molecule has 0 atom stereocenters. The van der Waals surface area contributed by atoms with Crippen molar-refractivity contribution in [1.29, 1.82) is 0 Å². The Balaban J connectivity index is 1.42. The number of benzene rings is 1. The Hall–Kier alpha value is -1.36. The van der Waals surface area contributed by atoms with E-state index in [0.717, 1.165) is 42.1 Å². The summed E-state index contributed by atoms with van der Waals surface area (Å²) in [5, 5.41) is 0. The number of halogens is 1. The summed E-state index contributed by atoms with van der Waals surface area (Å²) < 4.78 is 1.04. The maximum Gasteiger partial charge on any atom is 0.233 e. The van der Waals surface area contributed by atoms with E-state index in [-0.39, 0.29) is 17.2 Å². The third-order valence-electron chi connectivity index (χ3n) is 6.35. The highest BCUT2D eigenvalue weighted by molar-refractivity contribution is 9.10. The molecule has 1 aromatic carbocycles. The predicted octanol–water partition coefficient (Wildman–Crippen LogP) is 3.34. The van der Waals surface area contributed by atoms with Gasteiger partial charge in [0.25, 0.3) is 0 Å². The lowest BCUT2D eigenvalue weighted by molar-refractivity contribution is -0.148. The molecule has 1 heterocycles. The number of carbonyl (C=O) groups is 2. The molecule has 0 radical (unpaired) electrons. The van der Waals surface area contributed by atoms with Crippen molar-refractivity contribution in [2.45, 2.75) is 43.9 Å². The largest absolute Gasteiger partial charge is 0.339 e. The van der Waals surface area contributed by atoms with Crippen LogP contribution >= 0.6 is 15.9 Å². The summed E-state index contributed by atoms with van der Waals surface area (Å²) >= 11 is 3.48. The van der Waals surface area contributed by atoms with Crippen LogP contribution in [-0.2, 0) is 15.0 Å². The van der Waals surface area contributed by atoms with Crippen LogP contribution in [0.15, 0.2) is 28.7 Å². The minimum absolute atomic E-state index is 0.253. The maximum atomic E-state index is 13.3. The van der Waals surface area contributed by atoms with Gasteiger partial charge in [-0.2, -0.15) is 0 Å². The van der Waals surface area contributed by atoms with Crippen LogP contribution in [0.4, 0.5) is 0 Å². The van der Waals surface area contributed by atoms with Crippen LogP contribution in [0.5, 0.6) is 0 Å². The summed E-state index contributed by atoms with van der Waals surface area (Å²) in [6.45, 7) is 2.74. The normalized spacial score (nSPS) is 22.9. The molecule has 4 nitrogen and oxygen atoms in total. The van der Waals surface area contributed by atoms with Gasteiger partial charge in [0.05, 0.1) is 5.41 Å². The van der Waals surface area contributed by atoms with Crippen molar-refractivity contribution >= 4 is 27.7 Å². The molecule has 25 heavy (non-hydrogen) atoms. The Labute approximate surface area is 157 Å². The minimum atomic E-state index is -0.332. The molecular weight excluding hydrogens is 380 g/mol. The van der Waals surface area contributed by atoms with Crippen molar-refractivity contribution < 1.29 is 9.59 Å². The second-order valence-corrected chi connectivity index (χ2v) is 8.60. The molecule has 2 amide bonds. The molecule has 0 unspecified atom stereocenters. The van der Waals surface area contributed by atoms with E-state index in [0.29, 0.717) is 32.1 Å². The van der Waals surface area contributed by atoms with Crippen molar-refractivity contribution in [1.82, 2.24) is 9.80 Å². The zero-order valence-corrected chi connectivity index (χ0v) is 16.1. The fourth-order valence-electron chi connectivity index (χ4n) is 4.27. The highest BCUT2D eigenvalue weighted by Gasteiger charge is 2.48. The quantitative estimate of drug-likeness (QED) is 0.774. The van der Waals surface area contributed by atoms with Crippen molar-refractivity contribution in [3.05, 3.63) is 34.3 Å². The lowest BCUT2D eigenvalue weighted by Crippen LogP contribution is -2.58. The van der Waals surface area contributed by atoms with Crippen molar-refractivity contribution in [3.8, 4) is 0 Å². The molecular formula is C20H25BrN2O2. The smallest absolute Gasteiger partial charge is 0.233 e. The fraction of sp³-hybridized carbons (Fsp3) is 0.600. The first-order chi connectivity index (χ1) is 12.1. The monoisotopic (exact) mass is 404 g/mol. The van der Waals surface area contributed by atoms with Gasteiger partial charge in [-0.05, 0) is 43.4 Å². The number of piperazine rings is 1. The Bertz CT molecular complexity index is 657. The molecule has 0 N–H and O–H groups in total. The van der Waals surface area contributed by atoms with Crippen LogP contribution in [0.1, 0.15) is 44.1 Å². The standard InChI is InChI=1S/C20H25BrN2O2/c21-17-7-5-16(6-8-17)20(9-2-10-20)19(25)23-13-11-22(12-14-23)18(24)15-3-1-4-15/h5-8,15H,1-4,9-14H2. The van der Waals surface area contributed by atoms with Gasteiger partial charge in [0.15, 0.2) is 0 Å². The summed E-state index contributed by atoms with van der Waals surface area (Å²) in [5.74, 6) is 0.824.